The summed E-state index contributed by atoms with van der Waals surface area (Å²) in [5, 5.41) is 9.60. The van der Waals surface area contributed by atoms with Crippen molar-refractivity contribution < 1.29 is 23.1 Å². The zero-order chi connectivity index (χ0) is 16.2. The van der Waals surface area contributed by atoms with E-state index in [2.05, 4.69) is 0 Å². The molecule has 8 heteroatoms. The van der Waals surface area contributed by atoms with Crippen molar-refractivity contribution in [1.29, 1.82) is 0 Å². The van der Waals surface area contributed by atoms with Crippen molar-refractivity contribution in [3.05, 3.63) is 0 Å². The second kappa shape index (κ2) is 5.15. The number of hydrogen-bond acceptors (Lipinski definition) is 4. The SMILES string of the molecule is CC1(C)CN(S(=O)(=O)N2C[C@@H]3CCC[C@@]3(C(=O)O)C2)CCO1. The summed E-state index contributed by atoms with van der Waals surface area (Å²) < 4.78 is 34.1. The highest BCUT2D eigenvalue weighted by Crippen LogP contribution is 2.49. The lowest BCUT2D eigenvalue weighted by Gasteiger charge is -2.39. The van der Waals surface area contributed by atoms with Crippen LogP contribution in [0.4, 0.5) is 0 Å². The van der Waals surface area contributed by atoms with E-state index in [1.165, 1.54) is 8.61 Å². The van der Waals surface area contributed by atoms with Crippen molar-refractivity contribution in [2.75, 3.05) is 32.8 Å². The van der Waals surface area contributed by atoms with Gasteiger partial charge in [-0.3, -0.25) is 4.79 Å². The second-order valence-electron chi connectivity index (χ2n) is 7.29. The van der Waals surface area contributed by atoms with Crippen molar-refractivity contribution in [2.24, 2.45) is 11.3 Å². The highest BCUT2D eigenvalue weighted by atomic mass is 32.2. The van der Waals surface area contributed by atoms with E-state index in [1.54, 1.807) is 0 Å². The van der Waals surface area contributed by atoms with Crippen LogP contribution in [0.25, 0.3) is 0 Å². The molecule has 7 nitrogen and oxygen atoms in total. The average Bonchev–Trinajstić information content (AvgIpc) is 2.94. The van der Waals surface area contributed by atoms with Gasteiger partial charge < -0.3 is 9.84 Å². The fourth-order valence-electron chi connectivity index (χ4n) is 4.10. The molecule has 3 rings (SSSR count). The third-order valence-corrected chi connectivity index (χ3v) is 7.20. The van der Waals surface area contributed by atoms with Gasteiger partial charge >= 0.3 is 5.97 Å². The van der Waals surface area contributed by atoms with Gasteiger partial charge in [0, 0.05) is 26.2 Å². The van der Waals surface area contributed by atoms with Gasteiger partial charge in [-0.15, -0.1) is 0 Å². The zero-order valence-corrected chi connectivity index (χ0v) is 13.9. The first-order valence-electron chi connectivity index (χ1n) is 7.80. The van der Waals surface area contributed by atoms with Crippen LogP contribution in [0.3, 0.4) is 0 Å². The fourth-order valence-corrected chi connectivity index (χ4v) is 5.97. The monoisotopic (exact) mass is 332 g/mol. The lowest BCUT2D eigenvalue weighted by Crippen LogP contribution is -2.54. The number of rotatable bonds is 3. The highest BCUT2D eigenvalue weighted by molar-refractivity contribution is 7.86. The standard InChI is InChI=1S/C14H24N2O5S/c1-13(2)9-15(6-7-21-13)22(19,20)16-8-11-4-3-5-14(11,10-16)12(17)18/h11H,3-10H2,1-2H3,(H,17,18)/t11-,14+/m0/s1. The van der Waals surface area contributed by atoms with Gasteiger partial charge in [0.25, 0.3) is 10.2 Å². The van der Waals surface area contributed by atoms with Crippen molar-refractivity contribution >= 4 is 16.2 Å². The molecule has 0 bridgehead atoms. The molecule has 0 unspecified atom stereocenters. The Morgan fingerprint density at radius 2 is 2.00 bits per heavy atom. The molecule has 0 spiro atoms. The number of hydrogen-bond donors (Lipinski definition) is 1. The van der Waals surface area contributed by atoms with E-state index in [-0.39, 0.29) is 12.5 Å². The van der Waals surface area contributed by atoms with Gasteiger partial charge in [0.15, 0.2) is 0 Å². The molecule has 0 aromatic heterocycles. The quantitative estimate of drug-likeness (QED) is 0.814. The number of ether oxygens (including phenoxy) is 1. The van der Waals surface area contributed by atoms with Crippen molar-refractivity contribution in [3.8, 4) is 0 Å². The highest BCUT2D eigenvalue weighted by Gasteiger charge is 2.58. The summed E-state index contributed by atoms with van der Waals surface area (Å²) in [6.45, 7) is 5.16. The van der Waals surface area contributed by atoms with Crippen LogP contribution < -0.4 is 0 Å². The van der Waals surface area contributed by atoms with E-state index in [0.717, 1.165) is 12.8 Å². The van der Waals surface area contributed by atoms with Crippen LogP contribution in [0.2, 0.25) is 0 Å². The molecule has 0 amide bonds. The average molecular weight is 332 g/mol. The lowest BCUT2D eigenvalue weighted by molar-refractivity contribution is -0.149. The van der Waals surface area contributed by atoms with E-state index in [4.69, 9.17) is 4.74 Å². The number of morpholine rings is 1. The fraction of sp³-hybridized carbons (Fsp3) is 0.929. The zero-order valence-electron chi connectivity index (χ0n) is 13.1. The third kappa shape index (κ3) is 2.46. The van der Waals surface area contributed by atoms with Gasteiger partial charge in [0.2, 0.25) is 0 Å². The van der Waals surface area contributed by atoms with Crippen LogP contribution in [-0.4, -0.2) is 66.5 Å². The Morgan fingerprint density at radius 3 is 2.59 bits per heavy atom. The summed E-state index contributed by atoms with van der Waals surface area (Å²) in [4.78, 5) is 11.7. The molecule has 1 N–H and O–H groups in total. The number of carboxylic acid groups (broad SMARTS) is 1. The molecule has 0 aromatic rings. The van der Waals surface area contributed by atoms with E-state index in [1.807, 2.05) is 13.8 Å². The number of carbonyl (C=O) groups is 1. The van der Waals surface area contributed by atoms with Crippen LogP contribution in [-0.2, 0) is 19.7 Å². The Morgan fingerprint density at radius 1 is 1.27 bits per heavy atom. The molecule has 2 aliphatic heterocycles. The summed E-state index contributed by atoms with van der Waals surface area (Å²) in [5.74, 6) is -0.913. The predicted octanol–water partition coefficient (Wildman–Crippen LogP) is 0.529. The van der Waals surface area contributed by atoms with Gasteiger partial charge in [0.1, 0.15) is 0 Å². The van der Waals surface area contributed by atoms with Crippen LogP contribution in [0, 0.1) is 11.3 Å². The molecule has 126 valence electrons. The van der Waals surface area contributed by atoms with Crippen molar-refractivity contribution in [2.45, 2.75) is 38.7 Å². The molecular weight excluding hydrogens is 308 g/mol. The van der Waals surface area contributed by atoms with Crippen molar-refractivity contribution in [1.82, 2.24) is 8.61 Å². The minimum Gasteiger partial charge on any atom is -0.481 e. The maximum atomic E-state index is 12.9. The van der Waals surface area contributed by atoms with Crippen LogP contribution in [0.1, 0.15) is 33.1 Å². The van der Waals surface area contributed by atoms with Crippen LogP contribution in [0.5, 0.6) is 0 Å². The van der Waals surface area contributed by atoms with E-state index < -0.39 is 27.2 Å². The molecule has 2 atom stereocenters. The third-order valence-electron chi connectivity index (χ3n) is 5.31. The van der Waals surface area contributed by atoms with E-state index in [9.17, 15) is 18.3 Å². The minimum atomic E-state index is -3.62. The molecule has 3 fully saturated rings. The van der Waals surface area contributed by atoms with Gasteiger partial charge in [-0.05, 0) is 32.6 Å². The maximum absolute atomic E-state index is 12.9. The molecule has 22 heavy (non-hydrogen) atoms. The smallest absolute Gasteiger partial charge is 0.311 e. The summed E-state index contributed by atoms with van der Waals surface area (Å²) in [7, 11) is -3.62. The summed E-state index contributed by atoms with van der Waals surface area (Å²) in [6.07, 6.45) is 2.25. The number of aliphatic carboxylic acids is 1. The first kappa shape index (κ1) is 16.2. The maximum Gasteiger partial charge on any atom is 0.311 e. The minimum absolute atomic E-state index is 0.0613. The van der Waals surface area contributed by atoms with Crippen molar-refractivity contribution in [3.63, 3.8) is 0 Å². The second-order valence-corrected chi connectivity index (χ2v) is 9.22. The number of carboxylic acids is 1. The molecule has 0 aromatic carbocycles. The summed E-state index contributed by atoms with van der Waals surface area (Å²) in [6, 6.07) is 0. The first-order valence-corrected chi connectivity index (χ1v) is 9.20. The molecular formula is C14H24N2O5S. The molecule has 2 saturated heterocycles. The topological polar surface area (TPSA) is 87.2 Å². The predicted molar refractivity (Wildman–Crippen MR) is 79.5 cm³/mol. The number of fused-ring (bicyclic) bond motifs is 1. The van der Waals surface area contributed by atoms with E-state index >= 15 is 0 Å². The van der Waals surface area contributed by atoms with Gasteiger partial charge in [-0.25, -0.2) is 0 Å². The molecule has 2 heterocycles. The van der Waals surface area contributed by atoms with E-state index in [0.29, 0.717) is 32.7 Å². The summed E-state index contributed by atoms with van der Waals surface area (Å²) >= 11 is 0. The lowest BCUT2D eigenvalue weighted by atomic mass is 9.81. The Balaban J connectivity index is 1.81. The molecule has 3 aliphatic rings. The van der Waals surface area contributed by atoms with Gasteiger partial charge in [-0.2, -0.15) is 17.0 Å². The van der Waals surface area contributed by atoms with Crippen LogP contribution >= 0.6 is 0 Å². The Kier molecular flexibility index (Phi) is 3.79. The Bertz CT molecular complexity index is 576. The van der Waals surface area contributed by atoms with Gasteiger partial charge in [-0.1, -0.05) is 6.42 Å². The van der Waals surface area contributed by atoms with Crippen LogP contribution in [0.15, 0.2) is 0 Å². The molecule has 0 radical (unpaired) electrons. The molecule has 1 saturated carbocycles. The molecule has 1 aliphatic carbocycles. The number of nitrogens with zero attached hydrogens (tertiary/aromatic N) is 2. The first-order chi connectivity index (χ1) is 10.2. The summed E-state index contributed by atoms with van der Waals surface area (Å²) in [5.41, 5.74) is -1.39. The largest absolute Gasteiger partial charge is 0.481 e. The van der Waals surface area contributed by atoms with Gasteiger partial charge in [0.05, 0.1) is 17.6 Å². The Hall–Kier alpha value is -0.700. The Labute approximate surface area is 131 Å². The normalized spacial score (nSPS) is 36.4.